The van der Waals surface area contributed by atoms with Gasteiger partial charge in [-0.15, -0.1) is 0 Å². The minimum atomic E-state index is -1.17. The topological polar surface area (TPSA) is 127 Å². The van der Waals surface area contributed by atoms with Crippen molar-refractivity contribution in [3.63, 3.8) is 0 Å². The van der Waals surface area contributed by atoms with Crippen LogP contribution in [0.25, 0.3) is 0 Å². The normalized spacial score (nSPS) is 13.8. The van der Waals surface area contributed by atoms with Crippen molar-refractivity contribution in [2.45, 2.75) is 12.6 Å². The largest absolute Gasteiger partial charge is 0.497 e. The maximum absolute atomic E-state index is 14.2. The van der Waals surface area contributed by atoms with Gasteiger partial charge in [-0.25, -0.2) is 0 Å². The first-order valence-electron chi connectivity index (χ1n) is 13.4. The Morgan fingerprint density at radius 2 is 1.79 bits per heavy atom. The molecule has 43 heavy (non-hydrogen) atoms. The van der Waals surface area contributed by atoms with Gasteiger partial charge in [0.05, 0.1) is 18.4 Å². The standard InChI is InChI=1S/C32H26N4O7/c1-41-23-11-9-22(10-12-23)34-31(39)29(21-8-13-26-27(15-21)43-19-42-26)36(17-20-5-4-14-33-16-20)28(37)18-35-25-7-3-2-6-24(25)30(38)32(35)40/h2-16,29H,17-19H2,1H3,(H,34,39). The molecule has 0 radical (unpaired) electrons. The van der Waals surface area contributed by atoms with Crippen LogP contribution in [-0.2, 0) is 20.9 Å². The van der Waals surface area contributed by atoms with E-state index in [1.54, 1.807) is 98.4 Å². The van der Waals surface area contributed by atoms with Gasteiger partial charge >= 0.3 is 0 Å². The number of nitrogens with zero attached hydrogens (tertiary/aromatic N) is 3. The Kier molecular flexibility index (Phi) is 7.44. The van der Waals surface area contributed by atoms with Crippen molar-refractivity contribution < 1.29 is 33.4 Å². The highest BCUT2D eigenvalue weighted by atomic mass is 16.7. The molecule has 0 saturated heterocycles. The van der Waals surface area contributed by atoms with Crippen LogP contribution in [0.5, 0.6) is 17.2 Å². The Hall–Kier alpha value is -5.71. The number of fused-ring (bicyclic) bond motifs is 2. The number of nitrogens with one attached hydrogen (secondary N) is 1. The molecule has 11 heteroatoms. The highest BCUT2D eigenvalue weighted by molar-refractivity contribution is 6.52. The van der Waals surface area contributed by atoms with Gasteiger partial charge in [0.1, 0.15) is 18.3 Å². The number of rotatable bonds is 9. The molecule has 3 amide bonds. The summed E-state index contributed by atoms with van der Waals surface area (Å²) in [6, 6.07) is 20.6. The zero-order valence-corrected chi connectivity index (χ0v) is 23.1. The van der Waals surface area contributed by atoms with Crippen LogP contribution in [0.4, 0.5) is 11.4 Å². The van der Waals surface area contributed by atoms with E-state index in [0.29, 0.717) is 39.8 Å². The SMILES string of the molecule is COc1ccc(NC(=O)C(c2ccc3c(c2)OCO3)N(Cc2cccnc2)C(=O)CN2C(=O)C(=O)c3ccccc32)cc1. The molecule has 11 nitrogen and oxygen atoms in total. The predicted octanol–water partition coefficient (Wildman–Crippen LogP) is 3.76. The fourth-order valence-corrected chi connectivity index (χ4v) is 5.08. The summed E-state index contributed by atoms with van der Waals surface area (Å²) >= 11 is 0. The molecule has 1 N–H and O–H groups in total. The maximum atomic E-state index is 14.2. The number of benzene rings is 3. The fourth-order valence-electron chi connectivity index (χ4n) is 5.08. The number of carbonyl (C=O) groups is 4. The Bertz CT molecular complexity index is 1710. The van der Waals surface area contributed by atoms with Gasteiger partial charge in [-0.3, -0.25) is 29.1 Å². The van der Waals surface area contributed by atoms with Crippen LogP contribution in [0, 0.1) is 0 Å². The van der Waals surface area contributed by atoms with Gasteiger partial charge < -0.3 is 24.4 Å². The third-order valence-electron chi connectivity index (χ3n) is 7.20. The molecule has 0 spiro atoms. The molecular weight excluding hydrogens is 552 g/mol. The molecule has 1 aromatic heterocycles. The summed E-state index contributed by atoms with van der Waals surface area (Å²) in [7, 11) is 1.54. The third-order valence-corrected chi connectivity index (χ3v) is 7.20. The van der Waals surface area contributed by atoms with E-state index in [-0.39, 0.29) is 18.9 Å². The number of hydrogen-bond donors (Lipinski definition) is 1. The van der Waals surface area contributed by atoms with E-state index in [1.165, 1.54) is 4.90 Å². The van der Waals surface area contributed by atoms with E-state index in [9.17, 15) is 19.2 Å². The van der Waals surface area contributed by atoms with Gasteiger partial charge in [-0.1, -0.05) is 24.3 Å². The smallest absolute Gasteiger partial charge is 0.299 e. The molecule has 1 atom stereocenters. The number of carbonyl (C=O) groups excluding carboxylic acids is 4. The van der Waals surface area contributed by atoms with Crippen molar-refractivity contribution in [3.8, 4) is 17.2 Å². The van der Waals surface area contributed by atoms with Crippen LogP contribution in [0.3, 0.4) is 0 Å². The number of pyridine rings is 1. The average Bonchev–Trinajstić information content (AvgIpc) is 3.60. The first-order valence-corrected chi connectivity index (χ1v) is 13.4. The lowest BCUT2D eigenvalue weighted by Crippen LogP contribution is -2.46. The van der Waals surface area contributed by atoms with E-state index in [0.717, 1.165) is 4.90 Å². The van der Waals surface area contributed by atoms with E-state index >= 15 is 0 Å². The number of aromatic nitrogens is 1. The van der Waals surface area contributed by atoms with Crippen molar-refractivity contribution >= 4 is 34.9 Å². The molecule has 2 aliphatic rings. The lowest BCUT2D eigenvalue weighted by atomic mass is 10.0. The Morgan fingerprint density at radius 1 is 1.00 bits per heavy atom. The molecule has 3 heterocycles. The molecule has 6 rings (SSSR count). The summed E-state index contributed by atoms with van der Waals surface area (Å²) < 4.78 is 16.3. The van der Waals surface area contributed by atoms with Crippen molar-refractivity contribution in [3.05, 3.63) is 108 Å². The van der Waals surface area contributed by atoms with Crippen LogP contribution in [0.15, 0.2) is 91.3 Å². The molecule has 3 aromatic carbocycles. The number of para-hydroxylation sites is 1. The van der Waals surface area contributed by atoms with Gasteiger partial charge in [-0.05, 0) is 65.7 Å². The van der Waals surface area contributed by atoms with Crippen molar-refractivity contribution in [2.75, 3.05) is 30.7 Å². The van der Waals surface area contributed by atoms with Gasteiger partial charge in [0.15, 0.2) is 11.5 Å². The first kappa shape index (κ1) is 27.5. The highest BCUT2D eigenvalue weighted by Gasteiger charge is 2.39. The second kappa shape index (κ2) is 11.6. The summed E-state index contributed by atoms with van der Waals surface area (Å²) in [5.41, 5.74) is 2.16. The minimum Gasteiger partial charge on any atom is -0.497 e. The molecule has 0 bridgehead atoms. The second-order valence-electron chi connectivity index (χ2n) is 9.85. The lowest BCUT2D eigenvalue weighted by Gasteiger charge is -2.33. The van der Waals surface area contributed by atoms with Crippen LogP contribution >= 0.6 is 0 Å². The average molecular weight is 579 g/mol. The molecular formula is C32H26N4O7. The monoisotopic (exact) mass is 578 g/mol. The highest BCUT2D eigenvalue weighted by Crippen LogP contribution is 2.37. The molecule has 0 aliphatic carbocycles. The van der Waals surface area contributed by atoms with Crippen LogP contribution < -0.4 is 24.4 Å². The summed E-state index contributed by atoms with van der Waals surface area (Å²) in [5, 5.41) is 2.90. The van der Waals surface area contributed by atoms with Gasteiger partial charge in [0, 0.05) is 24.6 Å². The van der Waals surface area contributed by atoms with Gasteiger partial charge in [0.2, 0.25) is 12.7 Å². The van der Waals surface area contributed by atoms with Crippen molar-refractivity contribution in [1.29, 1.82) is 0 Å². The first-order chi connectivity index (χ1) is 20.9. The van der Waals surface area contributed by atoms with E-state index in [4.69, 9.17) is 14.2 Å². The number of ether oxygens (including phenoxy) is 3. The molecule has 2 aliphatic heterocycles. The van der Waals surface area contributed by atoms with E-state index in [1.807, 2.05) is 0 Å². The van der Waals surface area contributed by atoms with Crippen LogP contribution in [0.2, 0.25) is 0 Å². The molecule has 1 unspecified atom stereocenters. The minimum absolute atomic E-state index is 0.0144. The lowest BCUT2D eigenvalue weighted by molar-refractivity contribution is -0.139. The van der Waals surface area contributed by atoms with Gasteiger partial charge in [0.25, 0.3) is 17.6 Å². The number of methoxy groups -OCH3 is 1. The zero-order chi connectivity index (χ0) is 29.9. The quantitative estimate of drug-likeness (QED) is 0.298. The van der Waals surface area contributed by atoms with Crippen LogP contribution in [0.1, 0.15) is 27.5 Å². The van der Waals surface area contributed by atoms with E-state index in [2.05, 4.69) is 10.3 Å². The molecule has 4 aromatic rings. The Balaban J connectivity index is 1.39. The summed E-state index contributed by atoms with van der Waals surface area (Å²) in [6.45, 7) is -0.442. The maximum Gasteiger partial charge on any atom is 0.299 e. The van der Waals surface area contributed by atoms with E-state index < -0.39 is 36.1 Å². The summed E-state index contributed by atoms with van der Waals surface area (Å²) in [4.78, 5) is 60.6. The number of Topliss-reactive ketones (excluding diaryl/α,β-unsaturated/α-hetero) is 1. The predicted molar refractivity (Wildman–Crippen MR) is 155 cm³/mol. The van der Waals surface area contributed by atoms with Crippen LogP contribution in [-0.4, -0.2) is 53.8 Å². The fraction of sp³-hybridized carbons (Fsp3) is 0.156. The zero-order valence-electron chi connectivity index (χ0n) is 23.1. The summed E-state index contributed by atoms with van der Waals surface area (Å²) in [5.74, 6) is -1.00. The number of anilines is 2. The third kappa shape index (κ3) is 5.47. The molecule has 0 saturated carbocycles. The number of ketones is 1. The summed E-state index contributed by atoms with van der Waals surface area (Å²) in [6.07, 6.45) is 3.20. The molecule has 216 valence electrons. The van der Waals surface area contributed by atoms with Crippen molar-refractivity contribution in [2.24, 2.45) is 0 Å². The number of hydrogen-bond acceptors (Lipinski definition) is 8. The van der Waals surface area contributed by atoms with Gasteiger partial charge in [-0.2, -0.15) is 0 Å². The molecule has 0 fully saturated rings. The Morgan fingerprint density at radius 3 is 2.56 bits per heavy atom. The Labute approximate surface area is 246 Å². The second-order valence-corrected chi connectivity index (χ2v) is 9.85. The number of amides is 3. The van der Waals surface area contributed by atoms with Crippen molar-refractivity contribution in [1.82, 2.24) is 9.88 Å².